The van der Waals surface area contributed by atoms with E-state index in [0.717, 1.165) is 51.9 Å². The van der Waals surface area contributed by atoms with Crippen LogP contribution in [0.5, 0.6) is 0 Å². The summed E-state index contributed by atoms with van der Waals surface area (Å²) in [5.41, 5.74) is 5.73. The average molecular weight is 389 g/mol. The molecular formula is C22H23N5O2. The van der Waals surface area contributed by atoms with Crippen molar-refractivity contribution in [3.63, 3.8) is 0 Å². The zero-order chi connectivity index (χ0) is 20.1. The molecule has 29 heavy (non-hydrogen) atoms. The maximum Gasteiger partial charge on any atom is 0.329 e. The standard InChI is InChI=1S/C22H23N5O2/c1-13-3-4-14(11-23-13)17-9-10-18-20(25-17)21-19(12-24-18)26(2)22(29)27(21)15-5-7-16(28)8-6-15/h3-4,9-12,15-16,28H,5-8H2,1-2H3. The molecular weight excluding hydrogens is 366 g/mol. The fraction of sp³-hybridized carbons (Fsp3) is 0.364. The molecule has 1 aliphatic rings. The molecule has 0 saturated heterocycles. The van der Waals surface area contributed by atoms with Gasteiger partial charge in [0.1, 0.15) is 5.52 Å². The van der Waals surface area contributed by atoms with E-state index in [1.54, 1.807) is 17.8 Å². The van der Waals surface area contributed by atoms with Crippen molar-refractivity contribution in [3.8, 4) is 11.3 Å². The van der Waals surface area contributed by atoms with Gasteiger partial charge in [0.05, 0.1) is 34.5 Å². The number of aromatic nitrogens is 5. The number of aryl methyl sites for hydroxylation is 2. The summed E-state index contributed by atoms with van der Waals surface area (Å²) in [5.74, 6) is 0. The van der Waals surface area contributed by atoms with Crippen LogP contribution in [-0.2, 0) is 7.05 Å². The lowest BCUT2D eigenvalue weighted by Gasteiger charge is -2.26. The molecule has 4 aromatic heterocycles. The van der Waals surface area contributed by atoms with E-state index < -0.39 is 0 Å². The van der Waals surface area contributed by atoms with Crippen LogP contribution in [-0.4, -0.2) is 35.3 Å². The maximum atomic E-state index is 13.1. The van der Waals surface area contributed by atoms with Gasteiger partial charge in [-0.1, -0.05) is 0 Å². The molecule has 0 aliphatic heterocycles. The van der Waals surface area contributed by atoms with Gasteiger partial charge in [0.2, 0.25) is 0 Å². The van der Waals surface area contributed by atoms with Crippen LogP contribution in [0, 0.1) is 6.92 Å². The summed E-state index contributed by atoms with van der Waals surface area (Å²) in [6.45, 7) is 1.95. The largest absolute Gasteiger partial charge is 0.393 e. The van der Waals surface area contributed by atoms with Crippen LogP contribution in [0.4, 0.5) is 0 Å². The second-order valence-electron chi connectivity index (χ2n) is 7.92. The SMILES string of the molecule is Cc1ccc(-c2ccc3ncc4c(c3n2)n(C2CCC(O)CC2)c(=O)n4C)cn1. The fourth-order valence-electron chi connectivity index (χ4n) is 4.32. The molecule has 4 aromatic rings. The number of fused-ring (bicyclic) bond motifs is 3. The van der Waals surface area contributed by atoms with Crippen LogP contribution in [0.15, 0.2) is 41.5 Å². The number of pyridine rings is 3. The van der Waals surface area contributed by atoms with Gasteiger partial charge in [-0.2, -0.15) is 0 Å². The van der Waals surface area contributed by atoms with E-state index in [4.69, 9.17) is 4.98 Å². The normalized spacial score (nSPS) is 19.8. The molecule has 0 amide bonds. The summed E-state index contributed by atoms with van der Waals surface area (Å²) in [4.78, 5) is 26.9. The van der Waals surface area contributed by atoms with Gasteiger partial charge in [-0.05, 0) is 56.9 Å². The van der Waals surface area contributed by atoms with Gasteiger partial charge in [-0.15, -0.1) is 0 Å². The Morgan fingerprint density at radius 3 is 2.55 bits per heavy atom. The Morgan fingerprint density at radius 1 is 1.03 bits per heavy atom. The van der Waals surface area contributed by atoms with Crippen molar-refractivity contribution in [2.75, 3.05) is 0 Å². The molecule has 5 rings (SSSR count). The van der Waals surface area contributed by atoms with Gasteiger partial charge in [-0.25, -0.2) is 9.78 Å². The maximum absolute atomic E-state index is 13.1. The highest BCUT2D eigenvalue weighted by atomic mass is 16.3. The lowest BCUT2D eigenvalue weighted by Crippen LogP contribution is -2.29. The Kier molecular flexibility index (Phi) is 4.20. The van der Waals surface area contributed by atoms with Gasteiger partial charge < -0.3 is 5.11 Å². The monoisotopic (exact) mass is 389 g/mol. The molecule has 7 heteroatoms. The molecule has 0 radical (unpaired) electrons. The van der Waals surface area contributed by atoms with Crippen molar-refractivity contribution in [2.24, 2.45) is 7.05 Å². The third-order valence-corrected chi connectivity index (χ3v) is 6.00. The minimum atomic E-state index is -0.269. The van der Waals surface area contributed by atoms with Crippen LogP contribution >= 0.6 is 0 Å². The summed E-state index contributed by atoms with van der Waals surface area (Å²) in [6, 6.07) is 7.92. The van der Waals surface area contributed by atoms with E-state index in [2.05, 4.69) is 9.97 Å². The lowest BCUT2D eigenvalue weighted by molar-refractivity contribution is 0.111. The van der Waals surface area contributed by atoms with Gasteiger partial charge in [0.25, 0.3) is 0 Å². The first-order valence-corrected chi connectivity index (χ1v) is 10.0. The summed E-state index contributed by atoms with van der Waals surface area (Å²) in [7, 11) is 1.78. The van der Waals surface area contributed by atoms with E-state index in [9.17, 15) is 9.90 Å². The van der Waals surface area contributed by atoms with E-state index in [0.29, 0.717) is 12.8 Å². The zero-order valence-electron chi connectivity index (χ0n) is 16.5. The number of nitrogens with zero attached hydrogens (tertiary/aromatic N) is 5. The third kappa shape index (κ3) is 2.93. The first kappa shape index (κ1) is 18.0. The Hall–Kier alpha value is -3.06. The Morgan fingerprint density at radius 2 is 1.83 bits per heavy atom. The number of aliphatic hydroxyl groups excluding tert-OH is 1. The molecule has 0 aromatic carbocycles. The molecule has 7 nitrogen and oxygen atoms in total. The number of hydrogen-bond donors (Lipinski definition) is 1. The molecule has 0 unspecified atom stereocenters. The fourth-order valence-corrected chi connectivity index (χ4v) is 4.32. The summed E-state index contributed by atoms with van der Waals surface area (Å²) in [5, 5.41) is 9.89. The van der Waals surface area contributed by atoms with Crippen LogP contribution in [0.3, 0.4) is 0 Å². The molecule has 1 aliphatic carbocycles. The summed E-state index contributed by atoms with van der Waals surface area (Å²) >= 11 is 0. The molecule has 1 saturated carbocycles. The number of hydrogen-bond acceptors (Lipinski definition) is 5. The molecule has 1 fully saturated rings. The highest BCUT2D eigenvalue weighted by Crippen LogP contribution is 2.32. The van der Waals surface area contributed by atoms with Crippen LogP contribution in [0.1, 0.15) is 37.4 Å². The predicted octanol–water partition coefficient (Wildman–Crippen LogP) is 3.13. The van der Waals surface area contributed by atoms with Crippen LogP contribution in [0.2, 0.25) is 0 Å². The van der Waals surface area contributed by atoms with E-state index in [1.165, 1.54) is 0 Å². The van der Waals surface area contributed by atoms with E-state index in [-0.39, 0.29) is 17.8 Å². The highest BCUT2D eigenvalue weighted by molar-refractivity contribution is 6.00. The molecule has 0 bridgehead atoms. The smallest absolute Gasteiger partial charge is 0.329 e. The minimum absolute atomic E-state index is 0.0557. The predicted molar refractivity (Wildman–Crippen MR) is 112 cm³/mol. The molecule has 0 spiro atoms. The molecule has 148 valence electrons. The first-order valence-electron chi connectivity index (χ1n) is 10.0. The zero-order valence-corrected chi connectivity index (χ0v) is 16.5. The quantitative estimate of drug-likeness (QED) is 0.569. The Labute approximate surface area is 167 Å². The molecule has 0 atom stereocenters. The number of rotatable bonds is 2. The summed E-state index contributed by atoms with van der Waals surface area (Å²) < 4.78 is 3.52. The minimum Gasteiger partial charge on any atom is -0.393 e. The Bertz CT molecular complexity index is 1260. The van der Waals surface area contributed by atoms with Gasteiger partial charge >= 0.3 is 5.69 Å². The van der Waals surface area contributed by atoms with Gasteiger partial charge in [0, 0.05) is 30.5 Å². The van der Waals surface area contributed by atoms with Crippen LogP contribution < -0.4 is 5.69 Å². The van der Waals surface area contributed by atoms with Crippen molar-refractivity contribution >= 4 is 22.1 Å². The second-order valence-corrected chi connectivity index (χ2v) is 7.92. The third-order valence-electron chi connectivity index (χ3n) is 6.00. The van der Waals surface area contributed by atoms with Crippen molar-refractivity contribution in [2.45, 2.75) is 44.8 Å². The summed E-state index contributed by atoms with van der Waals surface area (Å²) in [6.07, 6.45) is 6.29. The van der Waals surface area contributed by atoms with Gasteiger partial charge in [-0.3, -0.25) is 19.1 Å². The van der Waals surface area contributed by atoms with E-state index >= 15 is 0 Å². The van der Waals surface area contributed by atoms with Crippen LogP contribution in [0.25, 0.3) is 33.3 Å². The van der Waals surface area contributed by atoms with Gasteiger partial charge in [0.15, 0.2) is 0 Å². The van der Waals surface area contributed by atoms with Crippen molar-refractivity contribution < 1.29 is 5.11 Å². The van der Waals surface area contributed by atoms with E-state index in [1.807, 2.05) is 42.0 Å². The second kappa shape index (κ2) is 6.77. The topological polar surface area (TPSA) is 85.8 Å². The molecule has 4 heterocycles. The van der Waals surface area contributed by atoms with Crippen molar-refractivity contribution in [1.29, 1.82) is 0 Å². The average Bonchev–Trinajstić information content (AvgIpc) is 3.00. The highest BCUT2D eigenvalue weighted by Gasteiger charge is 2.26. The number of aliphatic hydroxyl groups is 1. The first-order chi connectivity index (χ1) is 14.0. The molecule has 1 N–H and O–H groups in total. The Balaban J connectivity index is 1.76. The lowest BCUT2D eigenvalue weighted by atomic mass is 9.93. The number of imidazole rings is 1. The van der Waals surface area contributed by atoms with Crippen molar-refractivity contribution in [3.05, 3.63) is 52.8 Å². The van der Waals surface area contributed by atoms with Crippen molar-refractivity contribution in [1.82, 2.24) is 24.1 Å².